The van der Waals surface area contributed by atoms with Crippen molar-refractivity contribution >= 4 is 11.9 Å². The molecule has 0 rings (SSSR count). The third-order valence-electron chi connectivity index (χ3n) is 14.9. The summed E-state index contributed by atoms with van der Waals surface area (Å²) < 4.78 is 5.46. The molecule has 0 aromatic carbocycles. The number of unbranched alkanes of at least 4 members (excludes halogenated alkanes) is 45. The van der Waals surface area contributed by atoms with Crippen LogP contribution in [0.5, 0.6) is 0 Å². The second-order valence-corrected chi connectivity index (χ2v) is 22.1. The Hall–Kier alpha value is -1.92. The third kappa shape index (κ3) is 57.4. The van der Waals surface area contributed by atoms with E-state index in [2.05, 4.69) is 43.5 Å². The molecule has 0 aliphatic heterocycles. The summed E-state index contributed by atoms with van der Waals surface area (Å²) in [6, 6.07) is -0.634. The molecule has 1 amide bonds. The normalized spacial score (nSPS) is 12.8. The van der Waals surface area contributed by atoms with E-state index in [0.717, 1.165) is 51.4 Å². The molecule has 0 aliphatic carbocycles. The first kappa shape index (κ1) is 70.1. The van der Waals surface area contributed by atoms with Gasteiger partial charge < -0.3 is 20.3 Å². The van der Waals surface area contributed by atoms with Crippen molar-refractivity contribution in [1.82, 2.24) is 5.32 Å². The summed E-state index contributed by atoms with van der Waals surface area (Å²) in [5.74, 6) is -0.0716. The summed E-state index contributed by atoms with van der Waals surface area (Å²) in [5, 5.41) is 23.2. The minimum Gasteiger partial charge on any atom is -0.466 e. The van der Waals surface area contributed by atoms with Crippen LogP contribution in [0.1, 0.15) is 348 Å². The minimum absolute atomic E-state index is 0.0000272. The molecule has 0 aromatic heterocycles. The molecule has 0 radical (unpaired) electrons. The van der Waals surface area contributed by atoms with E-state index < -0.39 is 12.1 Å². The Morgan fingerprint density at radius 2 is 0.667 bits per heavy atom. The number of hydrogen-bond acceptors (Lipinski definition) is 5. The quantitative estimate of drug-likeness (QED) is 0.0320. The molecular weight excluding hydrogens is 887 g/mol. The zero-order chi connectivity index (χ0) is 52.2. The SMILES string of the molecule is CCCC/C=C\CCCCCCCC(=O)OCCCCCCCCCCCCCC/C=C\CCCCCCCCCC(=O)NC(CO)C(O)/C=C/CCCCCCCCCCCCCCCCCCCCC. The van der Waals surface area contributed by atoms with Crippen molar-refractivity contribution in [2.24, 2.45) is 0 Å². The van der Waals surface area contributed by atoms with E-state index >= 15 is 0 Å². The number of esters is 1. The second-order valence-electron chi connectivity index (χ2n) is 22.1. The van der Waals surface area contributed by atoms with E-state index in [4.69, 9.17) is 4.74 Å². The molecule has 6 nitrogen and oxygen atoms in total. The van der Waals surface area contributed by atoms with Gasteiger partial charge in [-0.1, -0.05) is 294 Å². The van der Waals surface area contributed by atoms with E-state index in [1.807, 2.05) is 6.08 Å². The molecule has 0 saturated carbocycles. The van der Waals surface area contributed by atoms with Crippen molar-refractivity contribution < 1.29 is 24.5 Å². The molecule has 0 bridgehead atoms. The van der Waals surface area contributed by atoms with Crippen molar-refractivity contribution in [2.75, 3.05) is 13.2 Å². The maximum Gasteiger partial charge on any atom is 0.305 e. The topological polar surface area (TPSA) is 95.9 Å². The molecule has 2 atom stereocenters. The summed E-state index contributed by atoms with van der Waals surface area (Å²) in [6.45, 7) is 4.88. The highest BCUT2D eigenvalue weighted by Gasteiger charge is 2.18. The molecule has 0 saturated heterocycles. The summed E-state index contributed by atoms with van der Waals surface area (Å²) in [7, 11) is 0. The standard InChI is InChI=1S/C66H125NO5/c1-3-5-7-9-11-13-15-16-17-18-19-23-26-29-32-35-39-42-46-50-54-58-64(69)63(62-68)67-65(70)59-55-51-47-43-40-36-33-30-27-24-21-20-22-25-28-31-34-37-41-45-49-53-57-61-72-66(71)60-56-52-48-44-38-14-12-10-8-6-4-2/h10,12,24,27,54,58,63-64,68-69H,3-9,11,13-23,25-26,28-53,55-57,59-62H2,1-2H3,(H,67,70)/b12-10-,27-24-,58-54+. The first-order valence-corrected chi connectivity index (χ1v) is 32.3. The number of nitrogens with one attached hydrogen (secondary N) is 1. The number of amides is 1. The van der Waals surface area contributed by atoms with Crippen molar-refractivity contribution in [2.45, 2.75) is 360 Å². The summed E-state index contributed by atoms with van der Waals surface area (Å²) in [4.78, 5) is 24.5. The zero-order valence-electron chi connectivity index (χ0n) is 48.4. The number of allylic oxidation sites excluding steroid dienone is 5. The lowest BCUT2D eigenvalue weighted by atomic mass is 10.0. The number of carbonyl (C=O) groups is 2. The highest BCUT2D eigenvalue weighted by atomic mass is 16.5. The average Bonchev–Trinajstić information content (AvgIpc) is 3.38. The molecule has 0 fully saturated rings. The van der Waals surface area contributed by atoms with Gasteiger partial charge >= 0.3 is 5.97 Å². The number of aliphatic hydroxyl groups excluding tert-OH is 2. The van der Waals surface area contributed by atoms with Crippen LogP contribution in [0, 0.1) is 0 Å². The van der Waals surface area contributed by atoms with Crippen LogP contribution in [0.3, 0.4) is 0 Å². The fourth-order valence-electron chi connectivity index (χ4n) is 9.91. The molecule has 3 N–H and O–H groups in total. The summed E-state index contributed by atoms with van der Waals surface area (Å²) >= 11 is 0. The smallest absolute Gasteiger partial charge is 0.305 e. The Balaban J connectivity index is 3.45. The Morgan fingerprint density at radius 1 is 0.375 bits per heavy atom. The summed E-state index contributed by atoms with van der Waals surface area (Å²) in [5.41, 5.74) is 0. The van der Waals surface area contributed by atoms with Gasteiger partial charge in [0.1, 0.15) is 0 Å². The van der Waals surface area contributed by atoms with E-state index in [1.54, 1.807) is 6.08 Å². The van der Waals surface area contributed by atoms with Gasteiger partial charge in [0.15, 0.2) is 0 Å². The number of carbonyl (C=O) groups excluding carboxylic acids is 2. The largest absolute Gasteiger partial charge is 0.466 e. The minimum atomic E-state index is -0.850. The Morgan fingerprint density at radius 3 is 1.03 bits per heavy atom. The first-order chi connectivity index (χ1) is 35.5. The van der Waals surface area contributed by atoms with E-state index in [1.165, 1.54) is 270 Å². The van der Waals surface area contributed by atoms with Crippen molar-refractivity contribution in [1.29, 1.82) is 0 Å². The predicted octanol–water partition coefficient (Wildman–Crippen LogP) is 20.4. The maximum absolute atomic E-state index is 12.5. The van der Waals surface area contributed by atoms with Crippen molar-refractivity contribution in [3.05, 3.63) is 36.5 Å². The maximum atomic E-state index is 12.5. The van der Waals surface area contributed by atoms with Crippen LogP contribution in [0.15, 0.2) is 36.5 Å². The van der Waals surface area contributed by atoms with Gasteiger partial charge in [0, 0.05) is 12.8 Å². The molecule has 0 heterocycles. The van der Waals surface area contributed by atoms with Gasteiger partial charge in [-0.25, -0.2) is 0 Å². The highest BCUT2D eigenvalue weighted by Crippen LogP contribution is 2.17. The van der Waals surface area contributed by atoms with Crippen LogP contribution < -0.4 is 5.32 Å². The van der Waals surface area contributed by atoms with E-state index in [-0.39, 0.29) is 18.5 Å². The predicted molar refractivity (Wildman–Crippen MR) is 315 cm³/mol. The lowest BCUT2D eigenvalue weighted by Crippen LogP contribution is -2.45. The average molecular weight is 1010 g/mol. The van der Waals surface area contributed by atoms with Crippen LogP contribution >= 0.6 is 0 Å². The molecule has 424 valence electrons. The van der Waals surface area contributed by atoms with Crippen LogP contribution in [0.25, 0.3) is 0 Å². The molecule has 2 unspecified atom stereocenters. The highest BCUT2D eigenvalue weighted by molar-refractivity contribution is 5.76. The van der Waals surface area contributed by atoms with Crippen LogP contribution in [0.4, 0.5) is 0 Å². The van der Waals surface area contributed by atoms with E-state index in [0.29, 0.717) is 19.4 Å². The number of ether oxygens (including phenoxy) is 1. The first-order valence-electron chi connectivity index (χ1n) is 32.3. The van der Waals surface area contributed by atoms with Gasteiger partial charge in [-0.05, 0) is 77.0 Å². The fourth-order valence-corrected chi connectivity index (χ4v) is 9.91. The van der Waals surface area contributed by atoms with E-state index in [9.17, 15) is 19.8 Å². The van der Waals surface area contributed by atoms with Gasteiger partial charge in [-0.2, -0.15) is 0 Å². The molecule has 0 aliphatic rings. The van der Waals surface area contributed by atoms with Gasteiger partial charge in [0.05, 0.1) is 25.4 Å². The number of hydrogen-bond donors (Lipinski definition) is 3. The second kappa shape index (κ2) is 61.6. The lowest BCUT2D eigenvalue weighted by molar-refractivity contribution is -0.143. The Labute approximate surface area is 449 Å². The molecule has 0 spiro atoms. The number of aliphatic hydroxyl groups is 2. The van der Waals surface area contributed by atoms with Crippen LogP contribution in [0.2, 0.25) is 0 Å². The van der Waals surface area contributed by atoms with Gasteiger partial charge in [-0.3, -0.25) is 9.59 Å². The van der Waals surface area contributed by atoms with Crippen molar-refractivity contribution in [3.63, 3.8) is 0 Å². The lowest BCUT2D eigenvalue weighted by Gasteiger charge is -2.20. The van der Waals surface area contributed by atoms with Crippen molar-refractivity contribution in [3.8, 4) is 0 Å². The zero-order valence-corrected chi connectivity index (χ0v) is 48.4. The monoisotopic (exact) mass is 1010 g/mol. The van der Waals surface area contributed by atoms with Crippen LogP contribution in [-0.2, 0) is 14.3 Å². The summed E-state index contributed by atoms with van der Waals surface area (Å²) in [6.07, 6.45) is 77.7. The Bertz CT molecular complexity index is 1170. The van der Waals surface area contributed by atoms with Crippen LogP contribution in [-0.4, -0.2) is 47.4 Å². The Kier molecular flexibility index (Phi) is 60.0. The molecule has 6 heteroatoms. The number of rotatable bonds is 60. The third-order valence-corrected chi connectivity index (χ3v) is 14.9. The fraction of sp³-hybridized carbons (Fsp3) is 0.879. The van der Waals surface area contributed by atoms with Gasteiger partial charge in [-0.15, -0.1) is 0 Å². The molecular formula is C66H125NO5. The molecule has 72 heavy (non-hydrogen) atoms. The molecule has 0 aromatic rings. The van der Waals surface area contributed by atoms with Gasteiger partial charge in [0.25, 0.3) is 0 Å². The van der Waals surface area contributed by atoms with Gasteiger partial charge in [0.2, 0.25) is 5.91 Å².